The summed E-state index contributed by atoms with van der Waals surface area (Å²) in [6, 6.07) is 25.6. The van der Waals surface area contributed by atoms with E-state index in [0.29, 0.717) is 43.6 Å². The van der Waals surface area contributed by atoms with Gasteiger partial charge in [-0.15, -0.1) is 0 Å². The quantitative estimate of drug-likeness (QED) is 0.293. The van der Waals surface area contributed by atoms with Crippen LogP contribution < -0.4 is 14.4 Å². The number of ether oxygens (including phenoxy) is 2. The van der Waals surface area contributed by atoms with Gasteiger partial charge >= 0.3 is 0 Å². The Bertz CT molecular complexity index is 1410. The molecule has 0 radical (unpaired) electrons. The molecule has 1 fully saturated rings. The number of benzene rings is 3. The highest BCUT2D eigenvalue weighted by molar-refractivity contribution is 6.30. The predicted octanol–water partition coefficient (Wildman–Crippen LogP) is 5.33. The molecule has 0 spiro atoms. The fourth-order valence-electron chi connectivity index (χ4n) is 4.62. The van der Waals surface area contributed by atoms with Crippen LogP contribution in [-0.2, 0) is 24.5 Å². The molecule has 0 saturated carbocycles. The minimum absolute atomic E-state index is 0.0402. The Morgan fingerprint density at radius 1 is 0.921 bits per heavy atom. The second kappa shape index (κ2) is 11.7. The maximum atomic E-state index is 13.1. The van der Waals surface area contributed by atoms with Crippen LogP contribution in [-0.4, -0.2) is 47.3 Å². The summed E-state index contributed by atoms with van der Waals surface area (Å²) in [6.07, 6.45) is 0. The van der Waals surface area contributed by atoms with Crippen molar-refractivity contribution in [2.24, 2.45) is 0 Å². The number of methoxy groups -OCH3 is 1. The number of amides is 1. The number of aromatic nitrogens is 2. The lowest BCUT2D eigenvalue weighted by Crippen LogP contribution is -2.50. The predicted molar refractivity (Wildman–Crippen MR) is 149 cm³/mol. The van der Waals surface area contributed by atoms with Gasteiger partial charge in [-0.2, -0.15) is 5.10 Å². The van der Waals surface area contributed by atoms with Gasteiger partial charge < -0.3 is 9.47 Å². The monoisotopic (exact) mass is 530 g/mol. The Balaban J connectivity index is 1.25. The van der Waals surface area contributed by atoms with Crippen LogP contribution in [0.2, 0.25) is 5.02 Å². The molecular formula is C30H31ClN4O3. The summed E-state index contributed by atoms with van der Waals surface area (Å²) in [5.41, 5.74) is 4.11. The second-order valence-electron chi connectivity index (χ2n) is 9.44. The van der Waals surface area contributed by atoms with Gasteiger partial charge in [0.1, 0.15) is 18.1 Å². The first-order valence-corrected chi connectivity index (χ1v) is 13.0. The first-order valence-electron chi connectivity index (χ1n) is 12.6. The van der Waals surface area contributed by atoms with E-state index < -0.39 is 0 Å². The van der Waals surface area contributed by atoms with Gasteiger partial charge in [-0.3, -0.25) is 19.3 Å². The van der Waals surface area contributed by atoms with E-state index in [1.807, 2.05) is 84.4 Å². The van der Waals surface area contributed by atoms with Crippen molar-refractivity contribution in [2.45, 2.75) is 26.6 Å². The molecule has 1 amide bonds. The Labute approximate surface area is 228 Å². The summed E-state index contributed by atoms with van der Waals surface area (Å²) in [5, 5.41) is 5.43. The van der Waals surface area contributed by atoms with Crippen molar-refractivity contribution < 1.29 is 14.3 Å². The van der Waals surface area contributed by atoms with E-state index in [1.165, 1.54) is 0 Å². The SMILES string of the molecule is COc1cccc(CN2CCN(c3cc(C)n(Cc4cc(Cl)ccc4OCc4ccccc4)n3)C(=O)C2)c1. The zero-order valence-corrected chi connectivity index (χ0v) is 22.4. The van der Waals surface area contributed by atoms with Gasteiger partial charge in [0.15, 0.2) is 5.82 Å². The minimum atomic E-state index is 0.0402. The van der Waals surface area contributed by atoms with E-state index in [4.69, 9.17) is 26.2 Å². The van der Waals surface area contributed by atoms with E-state index in [0.717, 1.165) is 40.4 Å². The topological polar surface area (TPSA) is 59.8 Å². The number of carbonyl (C=O) groups is 1. The lowest BCUT2D eigenvalue weighted by molar-refractivity contribution is -0.121. The lowest BCUT2D eigenvalue weighted by Gasteiger charge is -2.33. The summed E-state index contributed by atoms with van der Waals surface area (Å²) in [6.45, 7) is 5.34. The number of piperazine rings is 1. The van der Waals surface area contributed by atoms with Crippen molar-refractivity contribution in [1.29, 1.82) is 0 Å². The van der Waals surface area contributed by atoms with Crippen LogP contribution in [0.25, 0.3) is 0 Å². The highest BCUT2D eigenvalue weighted by atomic mass is 35.5. The van der Waals surface area contributed by atoms with E-state index in [2.05, 4.69) is 11.0 Å². The van der Waals surface area contributed by atoms with Gasteiger partial charge in [-0.25, -0.2) is 0 Å². The third-order valence-corrected chi connectivity index (χ3v) is 6.90. The molecule has 0 bridgehead atoms. The molecule has 0 atom stereocenters. The fraction of sp³-hybridized carbons (Fsp3) is 0.267. The van der Waals surface area contributed by atoms with Crippen LogP contribution in [0.5, 0.6) is 11.5 Å². The minimum Gasteiger partial charge on any atom is -0.497 e. The lowest BCUT2D eigenvalue weighted by atomic mass is 10.2. The van der Waals surface area contributed by atoms with Crippen LogP contribution in [0.3, 0.4) is 0 Å². The molecule has 5 rings (SSSR count). The molecule has 196 valence electrons. The van der Waals surface area contributed by atoms with Crippen LogP contribution in [0.15, 0.2) is 78.9 Å². The Hall–Kier alpha value is -3.81. The molecule has 0 N–H and O–H groups in total. The fourth-order valence-corrected chi connectivity index (χ4v) is 4.82. The van der Waals surface area contributed by atoms with Gasteiger partial charge in [0.05, 0.1) is 20.2 Å². The third-order valence-electron chi connectivity index (χ3n) is 6.66. The zero-order chi connectivity index (χ0) is 26.5. The molecule has 38 heavy (non-hydrogen) atoms. The standard InChI is InChI=1S/C30H31ClN4O3/c1-22-15-29(34-14-13-33(20-30(34)36)18-24-9-6-10-27(16-24)37-2)32-35(22)19-25-17-26(31)11-12-28(25)38-21-23-7-4-3-5-8-23/h3-12,15-17H,13-14,18-21H2,1-2H3. The van der Waals surface area contributed by atoms with E-state index in [-0.39, 0.29) is 5.91 Å². The highest BCUT2D eigenvalue weighted by Gasteiger charge is 2.27. The first kappa shape index (κ1) is 25.8. The summed E-state index contributed by atoms with van der Waals surface area (Å²) in [7, 11) is 1.66. The van der Waals surface area contributed by atoms with Gasteiger partial charge in [0.25, 0.3) is 0 Å². The van der Waals surface area contributed by atoms with E-state index in [9.17, 15) is 4.79 Å². The average molecular weight is 531 g/mol. The van der Waals surface area contributed by atoms with Crippen LogP contribution >= 0.6 is 11.6 Å². The summed E-state index contributed by atoms with van der Waals surface area (Å²) < 4.78 is 13.3. The van der Waals surface area contributed by atoms with Gasteiger partial charge in [0.2, 0.25) is 5.91 Å². The van der Waals surface area contributed by atoms with Crippen LogP contribution in [0.4, 0.5) is 5.82 Å². The molecular weight excluding hydrogens is 500 g/mol. The molecule has 0 aliphatic carbocycles. The normalized spacial score (nSPS) is 14.1. The van der Waals surface area contributed by atoms with Gasteiger partial charge in [-0.1, -0.05) is 54.1 Å². The van der Waals surface area contributed by atoms with Crippen molar-refractivity contribution in [3.63, 3.8) is 0 Å². The average Bonchev–Trinajstić information content (AvgIpc) is 3.28. The summed E-state index contributed by atoms with van der Waals surface area (Å²) in [4.78, 5) is 17.0. The van der Waals surface area contributed by atoms with Crippen molar-refractivity contribution in [3.05, 3.63) is 106 Å². The van der Waals surface area contributed by atoms with E-state index in [1.54, 1.807) is 12.0 Å². The molecule has 7 nitrogen and oxygen atoms in total. The van der Waals surface area contributed by atoms with E-state index >= 15 is 0 Å². The highest BCUT2D eigenvalue weighted by Crippen LogP contribution is 2.27. The number of rotatable bonds is 9. The molecule has 2 heterocycles. The smallest absolute Gasteiger partial charge is 0.242 e. The molecule has 1 aromatic heterocycles. The maximum Gasteiger partial charge on any atom is 0.242 e. The first-order chi connectivity index (χ1) is 18.5. The van der Waals surface area contributed by atoms with Crippen molar-refractivity contribution in [1.82, 2.24) is 14.7 Å². The van der Waals surface area contributed by atoms with Crippen molar-refractivity contribution >= 4 is 23.3 Å². The number of aryl methyl sites for hydroxylation is 1. The Kier molecular flexibility index (Phi) is 7.96. The molecule has 4 aromatic rings. The molecule has 1 saturated heterocycles. The summed E-state index contributed by atoms with van der Waals surface area (Å²) in [5.74, 6) is 2.29. The number of nitrogens with zero attached hydrogens (tertiary/aromatic N) is 4. The Morgan fingerprint density at radius 2 is 1.74 bits per heavy atom. The van der Waals surface area contributed by atoms with Crippen LogP contribution in [0.1, 0.15) is 22.4 Å². The van der Waals surface area contributed by atoms with Crippen molar-refractivity contribution in [2.75, 3.05) is 31.6 Å². The van der Waals surface area contributed by atoms with Gasteiger partial charge in [-0.05, 0) is 48.4 Å². The number of hydrogen-bond donors (Lipinski definition) is 0. The number of hydrogen-bond acceptors (Lipinski definition) is 5. The van der Waals surface area contributed by atoms with Crippen LogP contribution in [0, 0.1) is 6.92 Å². The number of anilines is 1. The largest absolute Gasteiger partial charge is 0.497 e. The molecule has 1 aliphatic rings. The molecule has 3 aromatic carbocycles. The van der Waals surface area contributed by atoms with Crippen molar-refractivity contribution in [3.8, 4) is 11.5 Å². The second-order valence-corrected chi connectivity index (χ2v) is 9.87. The maximum absolute atomic E-state index is 13.1. The zero-order valence-electron chi connectivity index (χ0n) is 21.6. The Morgan fingerprint density at radius 3 is 2.53 bits per heavy atom. The number of carbonyl (C=O) groups excluding carboxylic acids is 1. The summed E-state index contributed by atoms with van der Waals surface area (Å²) >= 11 is 6.32. The number of halogens is 1. The molecule has 8 heteroatoms. The third kappa shape index (κ3) is 6.18. The molecule has 0 unspecified atom stereocenters. The molecule has 1 aliphatic heterocycles. The van der Waals surface area contributed by atoms with Gasteiger partial charge in [0, 0.05) is 42.0 Å².